The van der Waals surface area contributed by atoms with Crippen molar-refractivity contribution in [1.82, 2.24) is 10.4 Å². The summed E-state index contributed by atoms with van der Waals surface area (Å²) in [6.45, 7) is 4.79. The SMILES string of the molecule is CC(C)C(=O)NC(C)C(=O)ON1C(=O)CCC1=O. The van der Waals surface area contributed by atoms with Crippen LogP contribution in [0, 0.1) is 5.92 Å². The van der Waals surface area contributed by atoms with E-state index in [9.17, 15) is 19.2 Å². The van der Waals surface area contributed by atoms with Gasteiger partial charge in [0.2, 0.25) is 5.91 Å². The fourth-order valence-corrected chi connectivity index (χ4v) is 1.27. The maximum absolute atomic E-state index is 11.6. The van der Waals surface area contributed by atoms with Crippen LogP contribution >= 0.6 is 0 Å². The van der Waals surface area contributed by atoms with Gasteiger partial charge in [0.05, 0.1) is 0 Å². The van der Waals surface area contributed by atoms with E-state index in [1.165, 1.54) is 6.92 Å². The van der Waals surface area contributed by atoms with Crippen LogP contribution in [0.1, 0.15) is 33.6 Å². The lowest BCUT2D eigenvalue weighted by atomic mass is 10.2. The Kier molecular flexibility index (Phi) is 4.41. The van der Waals surface area contributed by atoms with Crippen molar-refractivity contribution in [3.05, 3.63) is 0 Å². The van der Waals surface area contributed by atoms with E-state index >= 15 is 0 Å². The third-order valence-electron chi connectivity index (χ3n) is 2.42. The van der Waals surface area contributed by atoms with Crippen LogP contribution in [0.4, 0.5) is 0 Å². The first-order valence-electron chi connectivity index (χ1n) is 5.71. The van der Waals surface area contributed by atoms with E-state index in [0.717, 1.165) is 0 Å². The molecule has 1 aliphatic heterocycles. The van der Waals surface area contributed by atoms with Gasteiger partial charge in [0.25, 0.3) is 11.8 Å². The summed E-state index contributed by atoms with van der Waals surface area (Å²) in [5, 5.41) is 2.88. The second-order valence-electron chi connectivity index (χ2n) is 4.38. The highest BCUT2D eigenvalue weighted by molar-refractivity contribution is 6.01. The average Bonchev–Trinajstić information content (AvgIpc) is 2.60. The summed E-state index contributed by atoms with van der Waals surface area (Å²) in [6.07, 6.45) is 0.0810. The summed E-state index contributed by atoms with van der Waals surface area (Å²) in [5.41, 5.74) is 0. The number of carbonyl (C=O) groups excluding carboxylic acids is 4. The molecular weight excluding hydrogens is 240 g/mol. The molecule has 1 rings (SSSR count). The van der Waals surface area contributed by atoms with Crippen molar-refractivity contribution in [3.63, 3.8) is 0 Å². The second-order valence-corrected chi connectivity index (χ2v) is 4.38. The van der Waals surface area contributed by atoms with Gasteiger partial charge in [0.1, 0.15) is 6.04 Å². The molecule has 100 valence electrons. The van der Waals surface area contributed by atoms with E-state index in [4.69, 9.17) is 0 Å². The van der Waals surface area contributed by atoms with Crippen LogP contribution in [0.25, 0.3) is 0 Å². The van der Waals surface area contributed by atoms with Crippen molar-refractivity contribution in [2.24, 2.45) is 5.92 Å². The Morgan fingerprint density at radius 3 is 2.11 bits per heavy atom. The molecule has 0 aromatic heterocycles. The number of nitrogens with zero attached hydrogens (tertiary/aromatic N) is 1. The number of hydrogen-bond acceptors (Lipinski definition) is 5. The number of amides is 3. The minimum Gasteiger partial charge on any atom is -0.343 e. The topological polar surface area (TPSA) is 92.8 Å². The standard InChI is InChI=1S/C11H16N2O5/c1-6(2)10(16)12-7(3)11(17)18-13-8(14)4-5-9(13)15/h6-7H,4-5H2,1-3H3,(H,12,16). The number of nitrogens with one attached hydrogen (secondary N) is 1. The molecule has 0 aliphatic carbocycles. The summed E-state index contributed by atoms with van der Waals surface area (Å²) in [4.78, 5) is 50.0. The van der Waals surface area contributed by atoms with Gasteiger partial charge in [-0.25, -0.2) is 4.79 Å². The van der Waals surface area contributed by atoms with E-state index < -0.39 is 23.8 Å². The van der Waals surface area contributed by atoms with Gasteiger partial charge < -0.3 is 10.2 Å². The molecule has 0 aromatic carbocycles. The Morgan fingerprint density at radius 1 is 1.17 bits per heavy atom. The van der Waals surface area contributed by atoms with Gasteiger partial charge >= 0.3 is 5.97 Å². The number of carbonyl (C=O) groups is 4. The molecule has 0 spiro atoms. The Balaban J connectivity index is 2.52. The molecule has 1 atom stereocenters. The quantitative estimate of drug-likeness (QED) is 0.700. The Morgan fingerprint density at radius 2 is 1.67 bits per heavy atom. The van der Waals surface area contributed by atoms with Crippen LogP contribution in [0.3, 0.4) is 0 Å². The Bertz CT molecular complexity index is 375. The van der Waals surface area contributed by atoms with Gasteiger partial charge in [-0.1, -0.05) is 13.8 Å². The zero-order valence-electron chi connectivity index (χ0n) is 10.6. The van der Waals surface area contributed by atoms with Gasteiger partial charge in [-0.15, -0.1) is 5.06 Å². The molecule has 1 aliphatic rings. The van der Waals surface area contributed by atoms with Gasteiger partial charge in [0.15, 0.2) is 0 Å². The van der Waals surface area contributed by atoms with E-state index in [0.29, 0.717) is 5.06 Å². The van der Waals surface area contributed by atoms with Crippen LogP contribution in [0.15, 0.2) is 0 Å². The molecule has 3 amide bonds. The second kappa shape index (κ2) is 5.61. The van der Waals surface area contributed by atoms with Gasteiger partial charge in [-0.05, 0) is 6.92 Å². The van der Waals surface area contributed by atoms with E-state index in [-0.39, 0.29) is 24.7 Å². The third kappa shape index (κ3) is 3.28. The minimum atomic E-state index is -0.916. The zero-order chi connectivity index (χ0) is 13.9. The first-order valence-corrected chi connectivity index (χ1v) is 5.71. The highest BCUT2D eigenvalue weighted by Crippen LogP contribution is 2.12. The minimum absolute atomic E-state index is 0.0405. The molecule has 0 radical (unpaired) electrons. The average molecular weight is 256 g/mol. The van der Waals surface area contributed by atoms with Crippen molar-refractivity contribution >= 4 is 23.7 Å². The maximum Gasteiger partial charge on any atom is 0.354 e. The number of hydrogen-bond donors (Lipinski definition) is 1. The van der Waals surface area contributed by atoms with E-state index in [2.05, 4.69) is 10.2 Å². The van der Waals surface area contributed by atoms with Gasteiger partial charge in [-0.2, -0.15) is 0 Å². The summed E-state index contributed by atoms with van der Waals surface area (Å²) in [6, 6.07) is -0.916. The van der Waals surface area contributed by atoms with Gasteiger partial charge in [-0.3, -0.25) is 14.4 Å². The number of imide groups is 1. The van der Waals surface area contributed by atoms with Crippen molar-refractivity contribution in [1.29, 1.82) is 0 Å². The molecule has 0 bridgehead atoms. The molecule has 18 heavy (non-hydrogen) atoms. The lowest BCUT2D eigenvalue weighted by molar-refractivity contribution is -0.198. The van der Waals surface area contributed by atoms with Crippen LogP contribution in [0.5, 0.6) is 0 Å². The molecule has 1 fully saturated rings. The smallest absolute Gasteiger partial charge is 0.343 e. The van der Waals surface area contributed by atoms with Crippen LogP contribution < -0.4 is 5.32 Å². The monoisotopic (exact) mass is 256 g/mol. The van der Waals surface area contributed by atoms with Crippen molar-refractivity contribution in [3.8, 4) is 0 Å². The maximum atomic E-state index is 11.6. The molecular formula is C11H16N2O5. The summed E-state index contributed by atoms with van der Waals surface area (Å²) in [5.74, 6) is -2.51. The van der Waals surface area contributed by atoms with Crippen molar-refractivity contribution in [2.45, 2.75) is 39.7 Å². The zero-order valence-corrected chi connectivity index (χ0v) is 10.6. The highest BCUT2D eigenvalue weighted by atomic mass is 16.7. The lowest BCUT2D eigenvalue weighted by Crippen LogP contribution is -2.44. The first kappa shape index (κ1) is 14.1. The van der Waals surface area contributed by atoms with Crippen LogP contribution in [0.2, 0.25) is 0 Å². The predicted octanol–water partition coefficient (Wildman–Crippen LogP) is -0.246. The number of rotatable bonds is 4. The molecule has 0 aromatic rings. The summed E-state index contributed by atoms with van der Waals surface area (Å²) >= 11 is 0. The summed E-state index contributed by atoms with van der Waals surface area (Å²) < 4.78 is 0. The van der Waals surface area contributed by atoms with E-state index in [1.807, 2.05) is 0 Å². The molecule has 7 nitrogen and oxygen atoms in total. The van der Waals surface area contributed by atoms with Crippen LogP contribution in [-0.4, -0.2) is 34.8 Å². The number of hydroxylamine groups is 2. The fraction of sp³-hybridized carbons (Fsp3) is 0.636. The molecule has 1 saturated heterocycles. The molecule has 1 unspecified atom stereocenters. The predicted molar refractivity (Wildman–Crippen MR) is 59.6 cm³/mol. The molecule has 1 N–H and O–H groups in total. The van der Waals surface area contributed by atoms with Crippen LogP contribution in [-0.2, 0) is 24.0 Å². The van der Waals surface area contributed by atoms with Gasteiger partial charge in [0, 0.05) is 18.8 Å². The van der Waals surface area contributed by atoms with Crippen molar-refractivity contribution < 1.29 is 24.0 Å². The Labute approximate surface area is 104 Å². The fourth-order valence-electron chi connectivity index (χ4n) is 1.27. The normalized spacial score (nSPS) is 17.0. The van der Waals surface area contributed by atoms with Crippen molar-refractivity contribution in [2.75, 3.05) is 0 Å². The Hall–Kier alpha value is -1.92. The molecule has 7 heteroatoms. The highest BCUT2D eigenvalue weighted by Gasteiger charge is 2.34. The molecule has 0 saturated carbocycles. The lowest BCUT2D eigenvalue weighted by Gasteiger charge is -2.17. The summed E-state index contributed by atoms with van der Waals surface area (Å²) in [7, 11) is 0. The largest absolute Gasteiger partial charge is 0.354 e. The molecule has 1 heterocycles. The third-order valence-corrected chi connectivity index (χ3v) is 2.42. The first-order chi connectivity index (χ1) is 8.32. The van der Waals surface area contributed by atoms with E-state index in [1.54, 1.807) is 13.8 Å².